The first-order valence-corrected chi connectivity index (χ1v) is 12.6. The number of sulfone groups is 1. The molecule has 0 unspecified atom stereocenters. The van der Waals surface area contributed by atoms with Gasteiger partial charge in [-0.1, -0.05) is 0 Å². The second-order valence-electron chi connectivity index (χ2n) is 8.62. The summed E-state index contributed by atoms with van der Waals surface area (Å²) >= 11 is 0. The van der Waals surface area contributed by atoms with Gasteiger partial charge in [-0.05, 0) is 62.4 Å². The molecule has 2 aliphatic rings. The van der Waals surface area contributed by atoms with E-state index in [-0.39, 0.29) is 6.04 Å². The molecule has 0 amide bonds. The maximum Gasteiger partial charge on any atom is 0.153 e. The standard InChI is InChI=1S/C22H28N4O4S.CH3F/c1-14(21(26-23)12-24-16-9-22(2,10-16)31(3,27)28)30-17-4-5-20-19(8-17)18-6-7-29-13-15(18)11-25-20;1-2/h4-5,8,11-12,14,16H,6-7,9-10,13,23H2,1-3H3;1H3/b24-12?,26-21+;/t14-,16?,22?;/m1./s1. The first-order chi connectivity index (χ1) is 15.7. The van der Waals surface area contributed by atoms with E-state index in [9.17, 15) is 12.8 Å². The normalized spacial score (nSPS) is 23.9. The Labute approximate surface area is 194 Å². The third kappa shape index (κ3) is 5.33. The van der Waals surface area contributed by atoms with Crippen molar-refractivity contribution in [2.75, 3.05) is 20.0 Å². The molecule has 1 atom stereocenters. The lowest BCUT2D eigenvalue weighted by Gasteiger charge is -2.41. The highest BCUT2D eigenvalue weighted by molar-refractivity contribution is 7.92. The van der Waals surface area contributed by atoms with Crippen LogP contribution in [0.2, 0.25) is 0 Å². The molecule has 0 saturated heterocycles. The molecule has 180 valence electrons. The molecule has 2 N–H and O–H groups in total. The first-order valence-electron chi connectivity index (χ1n) is 10.7. The van der Waals surface area contributed by atoms with Gasteiger partial charge < -0.3 is 15.3 Å². The SMILES string of the molecule is CF.C[C@@H](Oc1ccc2ncc3c(c2c1)CCOC3)/C(C=NC1CC(C)(S(C)(=O)=O)C1)=N/N. The summed E-state index contributed by atoms with van der Waals surface area (Å²) in [6, 6.07) is 5.77. The minimum absolute atomic E-state index is 0.0517. The second-order valence-corrected chi connectivity index (χ2v) is 11.1. The van der Waals surface area contributed by atoms with E-state index in [4.69, 9.17) is 15.3 Å². The fourth-order valence-corrected chi connectivity index (χ4v) is 5.14. The molecule has 1 fully saturated rings. The van der Waals surface area contributed by atoms with Gasteiger partial charge in [-0.2, -0.15) is 5.10 Å². The van der Waals surface area contributed by atoms with Crippen LogP contribution in [-0.4, -0.2) is 62.3 Å². The summed E-state index contributed by atoms with van der Waals surface area (Å²) in [5, 5.41) is 4.90. The Morgan fingerprint density at radius 1 is 1.39 bits per heavy atom. The monoisotopic (exact) mass is 478 g/mol. The molecular weight excluding hydrogens is 447 g/mol. The van der Waals surface area contributed by atoms with Gasteiger partial charge in [-0.15, -0.1) is 0 Å². The van der Waals surface area contributed by atoms with Crippen molar-refractivity contribution in [2.24, 2.45) is 15.9 Å². The zero-order valence-corrected chi connectivity index (χ0v) is 20.2. The second kappa shape index (κ2) is 10.1. The minimum Gasteiger partial charge on any atom is -0.484 e. The highest BCUT2D eigenvalue weighted by Gasteiger charge is 2.47. The Balaban J connectivity index is 0.00000149. The number of nitrogens with zero attached hydrogens (tertiary/aromatic N) is 3. The summed E-state index contributed by atoms with van der Waals surface area (Å²) < 4.78 is 44.1. The minimum atomic E-state index is -3.09. The Morgan fingerprint density at radius 3 is 2.79 bits per heavy atom. The lowest BCUT2D eigenvalue weighted by atomic mass is 9.81. The van der Waals surface area contributed by atoms with E-state index in [1.807, 2.05) is 31.3 Å². The summed E-state index contributed by atoms with van der Waals surface area (Å²) in [5.41, 5.74) is 3.79. The highest BCUT2D eigenvalue weighted by Crippen LogP contribution is 2.40. The molecule has 0 spiro atoms. The van der Waals surface area contributed by atoms with E-state index < -0.39 is 20.7 Å². The van der Waals surface area contributed by atoms with Crippen molar-refractivity contribution >= 4 is 32.7 Å². The predicted octanol–water partition coefficient (Wildman–Crippen LogP) is 3.01. The van der Waals surface area contributed by atoms with Crippen molar-refractivity contribution < 1.29 is 22.3 Å². The zero-order valence-electron chi connectivity index (χ0n) is 19.4. The Morgan fingerprint density at radius 2 is 2.12 bits per heavy atom. The Hall–Kier alpha value is -2.59. The fraction of sp³-hybridized carbons (Fsp3) is 0.522. The van der Waals surface area contributed by atoms with Crippen molar-refractivity contribution in [2.45, 2.75) is 56.6 Å². The number of alkyl halides is 1. The number of hydrogen-bond donors (Lipinski definition) is 1. The fourth-order valence-electron chi connectivity index (χ4n) is 4.15. The number of hydrazone groups is 1. The van der Waals surface area contributed by atoms with E-state index in [0.717, 1.165) is 22.9 Å². The number of fused-ring (bicyclic) bond motifs is 3. The van der Waals surface area contributed by atoms with Crippen LogP contribution in [0.5, 0.6) is 5.75 Å². The molecule has 1 aromatic heterocycles. The van der Waals surface area contributed by atoms with Crippen LogP contribution in [0.3, 0.4) is 0 Å². The van der Waals surface area contributed by atoms with Gasteiger partial charge in [0, 0.05) is 24.1 Å². The summed E-state index contributed by atoms with van der Waals surface area (Å²) in [7, 11) is -2.59. The number of aromatic nitrogens is 1. The molecule has 1 saturated carbocycles. The van der Waals surface area contributed by atoms with Gasteiger partial charge in [-0.25, -0.2) is 8.42 Å². The number of rotatable bonds is 6. The summed E-state index contributed by atoms with van der Waals surface area (Å²) in [5.74, 6) is 6.27. The van der Waals surface area contributed by atoms with Crippen molar-refractivity contribution in [1.82, 2.24) is 4.98 Å². The molecular formula is C23H31FN4O4S. The van der Waals surface area contributed by atoms with Crippen LogP contribution in [0.1, 0.15) is 37.8 Å². The van der Waals surface area contributed by atoms with Gasteiger partial charge in [0.15, 0.2) is 9.84 Å². The Kier molecular flexibility index (Phi) is 7.69. The van der Waals surface area contributed by atoms with Crippen LogP contribution in [-0.2, 0) is 27.6 Å². The van der Waals surface area contributed by atoms with Gasteiger partial charge in [0.2, 0.25) is 0 Å². The van der Waals surface area contributed by atoms with Crippen molar-refractivity contribution in [1.29, 1.82) is 0 Å². The molecule has 1 aliphatic heterocycles. The topological polar surface area (TPSA) is 116 Å². The van der Waals surface area contributed by atoms with Gasteiger partial charge >= 0.3 is 0 Å². The summed E-state index contributed by atoms with van der Waals surface area (Å²) in [6.45, 7) is 4.90. The maximum atomic E-state index is 11.8. The molecule has 1 aromatic carbocycles. The first kappa shape index (κ1) is 25.0. The van der Waals surface area contributed by atoms with Crippen LogP contribution >= 0.6 is 0 Å². The van der Waals surface area contributed by atoms with Crippen molar-refractivity contribution in [3.05, 3.63) is 35.5 Å². The number of pyridine rings is 1. The smallest absolute Gasteiger partial charge is 0.153 e. The molecule has 1 aliphatic carbocycles. The molecule has 33 heavy (non-hydrogen) atoms. The van der Waals surface area contributed by atoms with Crippen LogP contribution in [0.4, 0.5) is 4.39 Å². The molecule has 0 bridgehead atoms. The molecule has 2 heterocycles. The van der Waals surface area contributed by atoms with E-state index in [1.54, 1.807) is 13.1 Å². The van der Waals surface area contributed by atoms with Gasteiger partial charge in [-0.3, -0.25) is 14.4 Å². The zero-order chi connectivity index (χ0) is 24.2. The van der Waals surface area contributed by atoms with Gasteiger partial charge in [0.25, 0.3) is 0 Å². The van der Waals surface area contributed by atoms with Crippen molar-refractivity contribution in [3.63, 3.8) is 0 Å². The maximum absolute atomic E-state index is 11.8. The quantitative estimate of drug-likeness (QED) is 0.388. The molecule has 4 rings (SSSR count). The van der Waals surface area contributed by atoms with Crippen LogP contribution < -0.4 is 10.6 Å². The molecule has 0 radical (unpaired) electrons. The number of ether oxygens (including phenoxy) is 2. The van der Waals surface area contributed by atoms with E-state index >= 15 is 0 Å². The average Bonchev–Trinajstić information content (AvgIpc) is 2.78. The van der Waals surface area contributed by atoms with E-state index in [1.165, 1.54) is 11.8 Å². The van der Waals surface area contributed by atoms with Crippen LogP contribution in [0.25, 0.3) is 10.9 Å². The third-order valence-electron chi connectivity index (χ3n) is 6.32. The summed E-state index contributed by atoms with van der Waals surface area (Å²) in [4.78, 5) is 8.99. The van der Waals surface area contributed by atoms with Gasteiger partial charge in [0.05, 0.1) is 36.7 Å². The average molecular weight is 479 g/mol. The number of nitrogens with two attached hydrogens (primary N) is 1. The van der Waals surface area contributed by atoms with Crippen molar-refractivity contribution in [3.8, 4) is 5.75 Å². The third-order valence-corrected chi connectivity index (χ3v) is 8.44. The molecule has 2 aromatic rings. The highest BCUT2D eigenvalue weighted by atomic mass is 32.2. The largest absolute Gasteiger partial charge is 0.484 e. The molecule has 8 nitrogen and oxygen atoms in total. The van der Waals surface area contributed by atoms with Crippen LogP contribution in [0, 0.1) is 0 Å². The predicted molar refractivity (Wildman–Crippen MR) is 129 cm³/mol. The number of aliphatic imine (C=N–C) groups is 1. The lowest BCUT2D eigenvalue weighted by molar-refractivity contribution is 0.111. The van der Waals surface area contributed by atoms with Gasteiger partial charge in [0.1, 0.15) is 17.6 Å². The van der Waals surface area contributed by atoms with E-state index in [0.29, 0.717) is 44.7 Å². The van der Waals surface area contributed by atoms with Crippen LogP contribution in [0.15, 0.2) is 34.5 Å². The summed E-state index contributed by atoms with van der Waals surface area (Å²) in [6.07, 6.45) is 6.19. The number of halogens is 1. The molecule has 10 heteroatoms. The Bertz CT molecular complexity index is 1160. The lowest BCUT2D eigenvalue weighted by Crippen LogP contribution is -2.49. The number of hydrogen-bond acceptors (Lipinski definition) is 8. The van der Waals surface area contributed by atoms with E-state index in [2.05, 4.69) is 15.1 Å². The number of benzene rings is 1.